The van der Waals surface area contributed by atoms with E-state index >= 15 is 0 Å². The summed E-state index contributed by atoms with van der Waals surface area (Å²) in [6.45, 7) is 6.22. The van der Waals surface area contributed by atoms with Gasteiger partial charge in [-0.05, 0) is 30.5 Å². The van der Waals surface area contributed by atoms with Crippen LogP contribution in [0.25, 0.3) is 0 Å². The lowest BCUT2D eigenvalue weighted by Crippen LogP contribution is -2.41. The smallest absolute Gasteiger partial charge is 0.223 e. The number of aliphatic hydroxyl groups is 1. The molecule has 19 heavy (non-hydrogen) atoms. The molecule has 0 bridgehead atoms. The van der Waals surface area contributed by atoms with Gasteiger partial charge in [-0.1, -0.05) is 26.0 Å². The summed E-state index contributed by atoms with van der Waals surface area (Å²) in [5, 5.41) is 11.9. The largest absolute Gasteiger partial charge is 0.493 e. The van der Waals surface area contributed by atoms with Gasteiger partial charge < -0.3 is 15.2 Å². The predicted octanol–water partition coefficient (Wildman–Crippen LogP) is 1.90. The zero-order valence-electron chi connectivity index (χ0n) is 11.8. The fourth-order valence-electron chi connectivity index (χ4n) is 1.67. The number of hydrogen-bond donors (Lipinski definition) is 2. The van der Waals surface area contributed by atoms with Gasteiger partial charge in [0.2, 0.25) is 5.91 Å². The zero-order valence-corrected chi connectivity index (χ0v) is 11.8. The Morgan fingerprint density at radius 2 is 2.16 bits per heavy atom. The maximum absolute atomic E-state index is 11.7. The molecule has 1 aromatic carbocycles. The minimum atomic E-state index is -0.188. The maximum atomic E-state index is 11.7. The van der Waals surface area contributed by atoms with Crippen molar-refractivity contribution in [3.8, 4) is 5.75 Å². The summed E-state index contributed by atoms with van der Waals surface area (Å²) in [6, 6.07) is 7.53. The lowest BCUT2D eigenvalue weighted by Gasteiger charge is -2.19. The third-order valence-electron chi connectivity index (χ3n) is 2.94. The van der Waals surface area contributed by atoms with E-state index in [1.165, 1.54) is 0 Å². The molecule has 0 heterocycles. The summed E-state index contributed by atoms with van der Waals surface area (Å²) in [5.41, 5.74) is 1.13. The Morgan fingerprint density at radius 1 is 1.42 bits per heavy atom. The van der Waals surface area contributed by atoms with Crippen molar-refractivity contribution < 1.29 is 14.6 Å². The van der Waals surface area contributed by atoms with Crippen molar-refractivity contribution in [2.45, 2.75) is 33.2 Å². The summed E-state index contributed by atoms with van der Waals surface area (Å²) in [4.78, 5) is 11.7. The van der Waals surface area contributed by atoms with Gasteiger partial charge in [0.1, 0.15) is 5.75 Å². The van der Waals surface area contributed by atoms with E-state index in [0.717, 1.165) is 11.3 Å². The molecule has 0 aliphatic heterocycles. The zero-order chi connectivity index (χ0) is 14.3. The number of aryl methyl sites for hydroxylation is 1. The van der Waals surface area contributed by atoms with Gasteiger partial charge in [0.05, 0.1) is 25.7 Å². The first-order valence-corrected chi connectivity index (χ1v) is 6.62. The number of rotatable bonds is 7. The number of aliphatic hydroxyl groups excluding tert-OH is 1. The average molecular weight is 265 g/mol. The van der Waals surface area contributed by atoms with Crippen molar-refractivity contribution in [3.63, 3.8) is 0 Å². The Morgan fingerprint density at radius 3 is 2.74 bits per heavy atom. The number of benzene rings is 1. The van der Waals surface area contributed by atoms with Crippen LogP contribution >= 0.6 is 0 Å². The van der Waals surface area contributed by atoms with Gasteiger partial charge in [-0.15, -0.1) is 0 Å². The summed E-state index contributed by atoms with van der Waals surface area (Å²) < 4.78 is 5.51. The molecule has 0 saturated heterocycles. The minimum absolute atomic E-state index is 0.0395. The molecule has 2 N–H and O–H groups in total. The van der Waals surface area contributed by atoms with Crippen LogP contribution in [0.15, 0.2) is 24.3 Å². The molecule has 0 unspecified atom stereocenters. The number of carbonyl (C=O) groups is 1. The molecule has 0 radical (unpaired) electrons. The molecule has 0 spiro atoms. The monoisotopic (exact) mass is 265 g/mol. The SMILES string of the molecule is Cc1cccc(OCCC(=O)N[C@H](CO)C(C)C)c1. The third-order valence-corrected chi connectivity index (χ3v) is 2.94. The van der Waals surface area contributed by atoms with Crippen molar-refractivity contribution in [3.05, 3.63) is 29.8 Å². The number of nitrogens with one attached hydrogen (secondary N) is 1. The Balaban J connectivity index is 2.31. The van der Waals surface area contributed by atoms with Crippen LogP contribution in [-0.2, 0) is 4.79 Å². The molecule has 106 valence electrons. The Hall–Kier alpha value is -1.55. The van der Waals surface area contributed by atoms with Crippen LogP contribution in [0.1, 0.15) is 25.8 Å². The number of amides is 1. The van der Waals surface area contributed by atoms with Gasteiger partial charge >= 0.3 is 0 Å². The summed E-state index contributed by atoms with van der Waals surface area (Å²) in [7, 11) is 0. The Bertz CT molecular complexity index is 404. The fraction of sp³-hybridized carbons (Fsp3) is 0.533. The molecule has 4 nitrogen and oxygen atoms in total. The van der Waals surface area contributed by atoms with Crippen LogP contribution in [0.4, 0.5) is 0 Å². The summed E-state index contributed by atoms with van der Waals surface area (Å²) in [6.07, 6.45) is 0.289. The lowest BCUT2D eigenvalue weighted by atomic mass is 10.1. The first-order valence-electron chi connectivity index (χ1n) is 6.62. The second-order valence-corrected chi connectivity index (χ2v) is 5.02. The first kappa shape index (κ1) is 15.5. The number of carbonyl (C=O) groups excluding carboxylic acids is 1. The molecule has 1 atom stereocenters. The predicted molar refractivity (Wildman–Crippen MR) is 75.1 cm³/mol. The van der Waals surface area contributed by atoms with Crippen LogP contribution in [0, 0.1) is 12.8 Å². The summed E-state index contributed by atoms with van der Waals surface area (Å²) >= 11 is 0. The van der Waals surface area contributed by atoms with E-state index in [4.69, 9.17) is 9.84 Å². The van der Waals surface area contributed by atoms with Gasteiger partial charge in [-0.25, -0.2) is 0 Å². The molecular formula is C15H23NO3. The highest BCUT2D eigenvalue weighted by Crippen LogP contribution is 2.12. The highest BCUT2D eigenvalue weighted by molar-refractivity contribution is 5.76. The fourth-order valence-corrected chi connectivity index (χ4v) is 1.67. The molecule has 1 aromatic rings. The number of ether oxygens (including phenoxy) is 1. The van der Waals surface area contributed by atoms with Gasteiger partial charge in [-0.2, -0.15) is 0 Å². The molecule has 1 rings (SSSR count). The molecule has 0 aliphatic rings. The van der Waals surface area contributed by atoms with Gasteiger partial charge in [0.15, 0.2) is 0 Å². The minimum Gasteiger partial charge on any atom is -0.493 e. The van der Waals surface area contributed by atoms with Crippen LogP contribution < -0.4 is 10.1 Å². The van der Waals surface area contributed by atoms with Crippen molar-refractivity contribution in [2.75, 3.05) is 13.2 Å². The Labute approximate surface area is 114 Å². The normalized spacial score (nSPS) is 12.3. The van der Waals surface area contributed by atoms with Gasteiger partial charge in [0.25, 0.3) is 0 Å². The summed E-state index contributed by atoms with van der Waals surface area (Å²) in [5.74, 6) is 0.891. The maximum Gasteiger partial charge on any atom is 0.223 e. The highest BCUT2D eigenvalue weighted by atomic mass is 16.5. The van der Waals surface area contributed by atoms with E-state index in [0.29, 0.717) is 6.61 Å². The molecule has 4 heteroatoms. The van der Waals surface area contributed by atoms with Gasteiger partial charge in [0, 0.05) is 0 Å². The van der Waals surface area contributed by atoms with Crippen LogP contribution in [0.3, 0.4) is 0 Å². The van der Waals surface area contributed by atoms with E-state index in [1.807, 2.05) is 45.0 Å². The molecule has 0 saturated carbocycles. The van der Waals surface area contributed by atoms with E-state index < -0.39 is 0 Å². The van der Waals surface area contributed by atoms with Crippen LogP contribution in [0.5, 0.6) is 5.75 Å². The molecule has 1 amide bonds. The highest BCUT2D eigenvalue weighted by Gasteiger charge is 2.14. The molecule has 0 aliphatic carbocycles. The third kappa shape index (κ3) is 5.75. The lowest BCUT2D eigenvalue weighted by molar-refractivity contribution is -0.122. The van der Waals surface area contributed by atoms with Crippen molar-refractivity contribution in [1.82, 2.24) is 5.32 Å². The van der Waals surface area contributed by atoms with Crippen molar-refractivity contribution in [1.29, 1.82) is 0 Å². The second kappa shape index (κ2) is 7.79. The van der Waals surface area contributed by atoms with Crippen LogP contribution in [0.2, 0.25) is 0 Å². The van der Waals surface area contributed by atoms with Crippen molar-refractivity contribution in [2.24, 2.45) is 5.92 Å². The average Bonchev–Trinajstić information content (AvgIpc) is 2.35. The van der Waals surface area contributed by atoms with Crippen molar-refractivity contribution >= 4 is 5.91 Å². The Kier molecular flexibility index (Phi) is 6.36. The van der Waals surface area contributed by atoms with E-state index in [1.54, 1.807) is 0 Å². The van der Waals surface area contributed by atoms with Gasteiger partial charge in [-0.3, -0.25) is 4.79 Å². The topological polar surface area (TPSA) is 58.6 Å². The number of hydrogen-bond acceptors (Lipinski definition) is 3. The van der Waals surface area contributed by atoms with E-state index in [9.17, 15) is 4.79 Å². The van der Waals surface area contributed by atoms with Crippen LogP contribution in [-0.4, -0.2) is 30.3 Å². The van der Waals surface area contributed by atoms with E-state index in [2.05, 4.69) is 5.32 Å². The molecular weight excluding hydrogens is 242 g/mol. The first-order chi connectivity index (χ1) is 9.02. The standard InChI is InChI=1S/C15H23NO3/c1-11(2)14(10-17)16-15(18)7-8-19-13-6-4-5-12(3)9-13/h4-6,9,11,14,17H,7-8,10H2,1-3H3,(H,16,18)/t14-/m1/s1. The quantitative estimate of drug-likeness (QED) is 0.791. The second-order valence-electron chi connectivity index (χ2n) is 5.02. The molecule has 0 fully saturated rings. The molecule has 0 aromatic heterocycles. The van der Waals surface area contributed by atoms with E-state index in [-0.39, 0.29) is 30.9 Å².